The molecule has 0 atom stereocenters. The second-order valence-electron chi connectivity index (χ2n) is 5.44. The minimum Gasteiger partial charge on any atom is -0.493 e. The van der Waals surface area contributed by atoms with E-state index in [1.165, 1.54) is 0 Å². The molecular formula is C18H16N4O2. The molecule has 0 aliphatic heterocycles. The fourth-order valence-corrected chi connectivity index (χ4v) is 2.88. The molecule has 6 heteroatoms. The van der Waals surface area contributed by atoms with E-state index >= 15 is 0 Å². The van der Waals surface area contributed by atoms with Crippen LogP contribution < -0.4 is 9.47 Å². The molecule has 0 spiro atoms. The lowest BCUT2D eigenvalue weighted by Crippen LogP contribution is -1.99. The molecule has 4 rings (SSSR count). The van der Waals surface area contributed by atoms with Crippen molar-refractivity contribution in [1.29, 1.82) is 0 Å². The van der Waals surface area contributed by atoms with Crippen molar-refractivity contribution in [3.05, 3.63) is 48.2 Å². The second-order valence-corrected chi connectivity index (χ2v) is 5.44. The number of hydrogen-bond donors (Lipinski definition) is 0. The number of rotatable bonds is 3. The summed E-state index contributed by atoms with van der Waals surface area (Å²) in [6.45, 7) is 1.93. The van der Waals surface area contributed by atoms with Gasteiger partial charge in [0.2, 0.25) is 0 Å². The van der Waals surface area contributed by atoms with E-state index in [9.17, 15) is 0 Å². The average molecular weight is 320 g/mol. The third-order valence-corrected chi connectivity index (χ3v) is 4.03. The molecular weight excluding hydrogens is 304 g/mol. The summed E-state index contributed by atoms with van der Waals surface area (Å²) in [4.78, 5) is 4.64. The number of aromatic nitrogens is 4. The van der Waals surface area contributed by atoms with Gasteiger partial charge >= 0.3 is 0 Å². The van der Waals surface area contributed by atoms with Crippen molar-refractivity contribution in [2.45, 2.75) is 6.92 Å². The standard InChI is InChI=1S/C18H16N4O2/c1-11-17-20-21-18(12-7-5-4-6-8-12)22(17)14-10-16(24-3)15(23-2)9-13(14)19-11/h4-10H,1-3H3. The largest absolute Gasteiger partial charge is 0.493 e. The van der Waals surface area contributed by atoms with Crippen molar-refractivity contribution in [1.82, 2.24) is 19.6 Å². The number of nitrogens with zero attached hydrogens (tertiary/aromatic N) is 4. The Bertz CT molecular complexity index is 1040. The first-order valence-electron chi connectivity index (χ1n) is 7.56. The summed E-state index contributed by atoms with van der Waals surface area (Å²) < 4.78 is 12.8. The Morgan fingerprint density at radius 1 is 0.917 bits per heavy atom. The number of benzene rings is 2. The van der Waals surface area contributed by atoms with Crippen LogP contribution >= 0.6 is 0 Å². The van der Waals surface area contributed by atoms with Gasteiger partial charge < -0.3 is 9.47 Å². The highest BCUT2D eigenvalue weighted by molar-refractivity contribution is 5.84. The predicted molar refractivity (Wildman–Crippen MR) is 91.6 cm³/mol. The Hall–Kier alpha value is -3.15. The van der Waals surface area contributed by atoms with Crippen LogP contribution in [0.3, 0.4) is 0 Å². The van der Waals surface area contributed by atoms with Crippen LogP contribution in [0.2, 0.25) is 0 Å². The first kappa shape index (κ1) is 14.4. The Balaban J connectivity index is 2.14. The lowest BCUT2D eigenvalue weighted by molar-refractivity contribution is 0.355. The van der Waals surface area contributed by atoms with Gasteiger partial charge in [0.25, 0.3) is 0 Å². The highest BCUT2D eigenvalue weighted by Gasteiger charge is 2.16. The minimum absolute atomic E-state index is 0.643. The molecule has 0 radical (unpaired) electrons. The lowest BCUT2D eigenvalue weighted by Gasteiger charge is -2.11. The van der Waals surface area contributed by atoms with Crippen molar-refractivity contribution in [2.24, 2.45) is 0 Å². The first-order valence-corrected chi connectivity index (χ1v) is 7.56. The van der Waals surface area contributed by atoms with E-state index in [1.807, 2.05) is 53.8 Å². The fourth-order valence-electron chi connectivity index (χ4n) is 2.88. The van der Waals surface area contributed by atoms with Gasteiger partial charge in [-0.05, 0) is 6.92 Å². The van der Waals surface area contributed by atoms with E-state index in [0.29, 0.717) is 11.5 Å². The second kappa shape index (κ2) is 5.49. The van der Waals surface area contributed by atoms with Crippen LogP contribution in [-0.4, -0.2) is 33.8 Å². The fraction of sp³-hybridized carbons (Fsp3) is 0.167. The van der Waals surface area contributed by atoms with Crippen LogP contribution in [0.25, 0.3) is 28.1 Å². The van der Waals surface area contributed by atoms with Crippen LogP contribution in [0.5, 0.6) is 11.5 Å². The first-order chi connectivity index (χ1) is 11.7. The normalized spacial score (nSPS) is 11.1. The summed E-state index contributed by atoms with van der Waals surface area (Å²) in [5, 5.41) is 8.70. The molecule has 2 aromatic carbocycles. The Morgan fingerprint density at radius 2 is 1.62 bits per heavy atom. The Kier molecular flexibility index (Phi) is 3.30. The van der Waals surface area contributed by atoms with Crippen LogP contribution in [0, 0.1) is 6.92 Å². The van der Waals surface area contributed by atoms with Crippen molar-refractivity contribution in [3.63, 3.8) is 0 Å². The molecule has 24 heavy (non-hydrogen) atoms. The molecule has 0 amide bonds. The van der Waals surface area contributed by atoms with Crippen molar-refractivity contribution >= 4 is 16.7 Å². The quantitative estimate of drug-likeness (QED) is 0.580. The zero-order valence-corrected chi connectivity index (χ0v) is 13.6. The third kappa shape index (κ3) is 2.07. The number of aryl methyl sites for hydroxylation is 1. The van der Waals surface area contributed by atoms with Gasteiger partial charge in [-0.25, -0.2) is 4.98 Å². The third-order valence-electron chi connectivity index (χ3n) is 4.03. The number of fused-ring (bicyclic) bond motifs is 3. The van der Waals surface area contributed by atoms with Gasteiger partial charge in [0, 0.05) is 17.7 Å². The average Bonchev–Trinajstić information content (AvgIpc) is 3.07. The van der Waals surface area contributed by atoms with Gasteiger partial charge in [-0.15, -0.1) is 10.2 Å². The molecule has 2 heterocycles. The monoisotopic (exact) mass is 320 g/mol. The van der Waals surface area contributed by atoms with Gasteiger partial charge in [0.15, 0.2) is 23.0 Å². The van der Waals surface area contributed by atoms with E-state index in [4.69, 9.17) is 9.47 Å². The van der Waals surface area contributed by atoms with Gasteiger partial charge in [-0.2, -0.15) is 0 Å². The SMILES string of the molecule is COc1cc2nc(C)c3nnc(-c4ccccc4)n3c2cc1OC. The maximum atomic E-state index is 5.44. The van der Waals surface area contributed by atoms with E-state index in [0.717, 1.165) is 33.8 Å². The predicted octanol–water partition coefficient (Wildman–Crippen LogP) is 3.27. The highest BCUT2D eigenvalue weighted by atomic mass is 16.5. The van der Waals surface area contributed by atoms with Crippen LogP contribution in [0.4, 0.5) is 0 Å². The zero-order chi connectivity index (χ0) is 16.7. The molecule has 0 unspecified atom stereocenters. The zero-order valence-electron chi connectivity index (χ0n) is 13.6. The summed E-state index contributed by atoms with van der Waals surface area (Å²) in [6, 6.07) is 13.7. The molecule has 0 fully saturated rings. The van der Waals surface area contributed by atoms with Crippen LogP contribution in [0.1, 0.15) is 5.69 Å². The van der Waals surface area contributed by atoms with Crippen molar-refractivity contribution < 1.29 is 9.47 Å². The molecule has 6 nitrogen and oxygen atoms in total. The molecule has 0 saturated carbocycles. The maximum Gasteiger partial charge on any atom is 0.183 e. The van der Waals surface area contributed by atoms with E-state index in [-0.39, 0.29) is 0 Å². The smallest absolute Gasteiger partial charge is 0.183 e. The molecule has 0 aliphatic carbocycles. The number of hydrogen-bond acceptors (Lipinski definition) is 5. The Labute approximate surface area is 138 Å². The molecule has 4 aromatic rings. The summed E-state index contributed by atoms with van der Waals surface area (Å²) in [6.07, 6.45) is 0. The van der Waals surface area contributed by atoms with Crippen molar-refractivity contribution in [2.75, 3.05) is 14.2 Å². The van der Waals surface area contributed by atoms with Crippen molar-refractivity contribution in [3.8, 4) is 22.9 Å². The number of methoxy groups -OCH3 is 2. The molecule has 120 valence electrons. The van der Waals surface area contributed by atoms with Gasteiger partial charge in [0.1, 0.15) is 0 Å². The molecule has 0 saturated heterocycles. The van der Waals surface area contributed by atoms with Crippen LogP contribution in [0.15, 0.2) is 42.5 Å². The molecule has 0 bridgehead atoms. The minimum atomic E-state index is 0.643. The van der Waals surface area contributed by atoms with Gasteiger partial charge in [-0.3, -0.25) is 4.40 Å². The van der Waals surface area contributed by atoms with Crippen LogP contribution in [-0.2, 0) is 0 Å². The van der Waals surface area contributed by atoms with E-state index in [2.05, 4.69) is 15.2 Å². The molecule has 2 aromatic heterocycles. The van der Waals surface area contributed by atoms with Gasteiger partial charge in [0.05, 0.1) is 30.9 Å². The topological polar surface area (TPSA) is 61.5 Å². The summed E-state index contributed by atoms with van der Waals surface area (Å²) in [7, 11) is 3.23. The molecule has 0 N–H and O–H groups in total. The number of ether oxygens (including phenoxy) is 2. The highest BCUT2D eigenvalue weighted by Crippen LogP contribution is 2.33. The molecule has 0 aliphatic rings. The van der Waals surface area contributed by atoms with E-state index < -0.39 is 0 Å². The summed E-state index contributed by atoms with van der Waals surface area (Å²) >= 11 is 0. The lowest BCUT2D eigenvalue weighted by atomic mass is 10.2. The van der Waals surface area contributed by atoms with E-state index in [1.54, 1.807) is 14.2 Å². The Morgan fingerprint density at radius 3 is 2.33 bits per heavy atom. The summed E-state index contributed by atoms with van der Waals surface area (Å²) in [5.41, 5.74) is 4.20. The summed E-state index contributed by atoms with van der Waals surface area (Å²) in [5.74, 6) is 2.06. The van der Waals surface area contributed by atoms with Gasteiger partial charge in [-0.1, -0.05) is 30.3 Å². The maximum absolute atomic E-state index is 5.44.